The second-order valence-electron chi connectivity index (χ2n) is 5.02. The Kier molecular flexibility index (Phi) is 5.44. The average Bonchev–Trinajstić information content (AvgIpc) is 2.64. The number of likely N-dealkylation sites (tertiary alicyclic amines) is 1. The monoisotopic (exact) mass is 310 g/mol. The largest absolute Gasteiger partial charge is 0.495 e. The maximum Gasteiger partial charge on any atom is 0.244 e. The molecule has 2 amide bonds. The maximum absolute atomic E-state index is 12.1. The van der Waals surface area contributed by atoms with E-state index in [0.717, 1.165) is 19.3 Å². The van der Waals surface area contributed by atoms with E-state index in [1.807, 2.05) is 0 Å². The number of nitrogens with one attached hydrogen (secondary N) is 1. The number of rotatable bonds is 4. The minimum Gasteiger partial charge on any atom is -0.495 e. The van der Waals surface area contributed by atoms with Crippen LogP contribution in [0.15, 0.2) is 18.2 Å². The van der Waals surface area contributed by atoms with Gasteiger partial charge in [-0.05, 0) is 31.0 Å². The van der Waals surface area contributed by atoms with Gasteiger partial charge in [0, 0.05) is 18.0 Å². The van der Waals surface area contributed by atoms with E-state index in [4.69, 9.17) is 16.3 Å². The van der Waals surface area contributed by atoms with Crippen LogP contribution < -0.4 is 10.1 Å². The first kappa shape index (κ1) is 15.6. The second kappa shape index (κ2) is 7.31. The number of carbonyl (C=O) groups excluding carboxylic acids is 2. The van der Waals surface area contributed by atoms with Crippen LogP contribution in [0.2, 0.25) is 5.02 Å². The summed E-state index contributed by atoms with van der Waals surface area (Å²) in [6, 6.07) is 5.01. The van der Waals surface area contributed by atoms with Gasteiger partial charge in [0.2, 0.25) is 11.8 Å². The van der Waals surface area contributed by atoms with Crippen LogP contribution in [-0.2, 0) is 9.59 Å². The third-order valence-electron chi connectivity index (χ3n) is 3.44. The van der Waals surface area contributed by atoms with E-state index in [9.17, 15) is 9.59 Å². The molecular formula is C15H19ClN2O3. The van der Waals surface area contributed by atoms with Crippen molar-refractivity contribution in [1.82, 2.24) is 4.90 Å². The fraction of sp³-hybridized carbons (Fsp3) is 0.467. The third-order valence-corrected chi connectivity index (χ3v) is 3.68. The van der Waals surface area contributed by atoms with E-state index in [1.165, 1.54) is 7.11 Å². The Labute approximate surface area is 129 Å². The third kappa shape index (κ3) is 4.36. The molecular weight excluding hydrogens is 292 g/mol. The zero-order valence-electron chi connectivity index (χ0n) is 12.0. The lowest BCUT2D eigenvalue weighted by Crippen LogP contribution is -2.37. The number of carbonyl (C=O) groups is 2. The molecule has 1 aliphatic heterocycles. The van der Waals surface area contributed by atoms with Crippen molar-refractivity contribution in [1.29, 1.82) is 0 Å². The van der Waals surface area contributed by atoms with Crippen LogP contribution in [0.1, 0.15) is 25.7 Å². The molecule has 0 aromatic heterocycles. The summed E-state index contributed by atoms with van der Waals surface area (Å²) in [5.74, 6) is 0.335. The molecule has 0 spiro atoms. The van der Waals surface area contributed by atoms with E-state index < -0.39 is 0 Å². The summed E-state index contributed by atoms with van der Waals surface area (Å²) in [6.07, 6.45) is 3.40. The number of benzene rings is 1. The predicted octanol–water partition coefficient (Wildman–Crippen LogP) is 2.69. The van der Waals surface area contributed by atoms with Crippen LogP contribution in [0.5, 0.6) is 5.75 Å². The van der Waals surface area contributed by atoms with E-state index in [2.05, 4.69) is 5.32 Å². The first-order valence-corrected chi connectivity index (χ1v) is 7.39. The van der Waals surface area contributed by atoms with Gasteiger partial charge in [0.05, 0.1) is 19.3 Å². The summed E-state index contributed by atoms with van der Waals surface area (Å²) in [5, 5.41) is 3.26. The Hall–Kier alpha value is -1.75. The first-order valence-electron chi connectivity index (χ1n) is 7.01. The number of amides is 2. The molecule has 0 atom stereocenters. The number of anilines is 1. The molecule has 21 heavy (non-hydrogen) atoms. The Morgan fingerprint density at radius 3 is 2.95 bits per heavy atom. The lowest BCUT2D eigenvalue weighted by Gasteiger charge is -2.20. The van der Waals surface area contributed by atoms with Gasteiger partial charge < -0.3 is 15.0 Å². The van der Waals surface area contributed by atoms with Crippen LogP contribution in [0.4, 0.5) is 5.69 Å². The van der Waals surface area contributed by atoms with Gasteiger partial charge in [0.25, 0.3) is 0 Å². The molecule has 1 fully saturated rings. The van der Waals surface area contributed by atoms with Crippen LogP contribution in [0, 0.1) is 0 Å². The van der Waals surface area contributed by atoms with Gasteiger partial charge >= 0.3 is 0 Å². The smallest absolute Gasteiger partial charge is 0.244 e. The fourth-order valence-electron chi connectivity index (χ4n) is 2.35. The highest BCUT2D eigenvalue weighted by atomic mass is 35.5. The van der Waals surface area contributed by atoms with Crippen LogP contribution in [-0.4, -0.2) is 36.9 Å². The predicted molar refractivity (Wildman–Crippen MR) is 81.7 cm³/mol. The normalized spacial score (nSPS) is 15.5. The molecule has 1 aromatic rings. The molecule has 1 aliphatic rings. The van der Waals surface area contributed by atoms with Gasteiger partial charge in [0.15, 0.2) is 0 Å². The van der Waals surface area contributed by atoms with Crippen molar-refractivity contribution < 1.29 is 14.3 Å². The standard InChI is InChI=1S/C15H19ClN2O3/c1-21-13-7-6-11(16)9-12(13)17-14(19)10-18-8-4-2-3-5-15(18)20/h6-7,9H,2-5,8,10H2,1H3,(H,17,19). The molecule has 0 aliphatic carbocycles. The van der Waals surface area contributed by atoms with E-state index in [0.29, 0.717) is 29.4 Å². The highest BCUT2D eigenvalue weighted by Gasteiger charge is 2.19. The number of methoxy groups -OCH3 is 1. The van der Waals surface area contributed by atoms with Crippen LogP contribution in [0.25, 0.3) is 0 Å². The molecule has 1 heterocycles. The van der Waals surface area contributed by atoms with Crippen molar-refractivity contribution in [2.75, 3.05) is 25.5 Å². The Morgan fingerprint density at radius 2 is 2.19 bits per heavy atom. The lowest BCUT2D eigenvalue weighted by molar-refractivity contribution is -0.134. The summed E-state index contributed by atoms with van der Waals surface area (Å²) in [5.41, 5.74) is 0.511. The van der Waals surface area contributed by atoms with Crippen molar-refractivity contribution in [3.8, 4) is 5.75 Å². The zero-order valence-corrected chi connectivity index (χ0v) is 12.8. The quantitative estimate of drug-likeness (QED) is 0.930. The van der Waals surface area contributed by atoms with Crippen molar-refractivity contribution in [3.63, 3.8) is 0 Å². The molecule has 1 N–H and O–H groups in total. The zero-order chi connectivity index (χ0) is 15.2. The van der Waals surface area contributed by atoms with Crippen LogP contribution in [0.3, 0.4) is 0 Å². The molecule has 0 radical (unpaired) electrons. The van der Waals surface area contributed by atoms with Gasteiger partial charge in [0.1, 0.15) is 5.75 Å². The first-order chi connectivity index (χ1) is 10.1. The lowest BCUT2D eigenvalue weighted by atomic mass is 10.2. The minimum absolute atomic E-state index is 0.0423. The van der Waals surface area contributed by atoms with E-state index in [1.54, 1.807) is 23.1 Å². The van der Waals surface area contributed by atoms with Gasteiger partial charge in [-0.2, -0.15) is 0 Å². The Bertz CT molecular complexity index is 534. The summed E-state index contributed by atoms with van der Waals surface area (Å²) >= 11 is 5.92. The number of ether oxygens (including phenoxy) is 1. The van der Waals surface area contributed by atoms with Crippen molar-refractivity contribution in [3.05, 3.63) is 23.2 Å². The Balaban J connectivity index is 2.01. The SMILES string of the molecule is COc1ccc(Cl)cc1NC(=O)CN1CCCCCC1=O. The molecule has 0 unspecified atom stereocenters. The molecule has 5 nitrogen and oxygen atoms in total. The molecule has 114 valence electrons. The van der Waals surface area contributed by atoms with Gasteiger partial charge in [-0.25, -0.2) is 0 Å². The summed E-state index contributed by atoms with van der Waals surface area (Å²) in [4.78, 5) is 25.6. The molecule has 1 aromatic carbocycles. The number of halogens is 1. The van der Waals surface area contributed by atoms with Crippen molar-refractivity contribution in [2.24, 2.45) is 0 Å². The average molecular weight is 311 g/mol. The second-order valence-corrected chi connectivity index (χ2v) is 5.46. The number of nitrogens with zero attached hydrogens (tertiary/aromatic N) is 1. The Morgan fingerprint density at radius 1 is 1.38 bits per heavy atom. The van der Waals surface area contributed by atoms with Gasteiger partial charge in [-0.3, -0.25) is 9.59 Å². The van der Waals surface area contributed by atoms with E-state index >= 15 is 0 Å². The topological polar surface area (TPSA) is 58.6 Å². The highest BCUT2D eigenvalue weighted by Crippen LogP contribution is 2.27. The molecule has 2 rings (SSSR count). The summed E-state index contributed by atoms with van der Waals surface area (Å²) in [6.45, 7) is 0.702. The number of hydrogen-bond donors (Lipinski definition) is 1. The van der Waals surface area contributed by atoms with Gasteiger partial charge in [-0.1, -0.05) is 18.0 Å². The van der Waals surface area contributed by atoms with E-state index in [-0.39, 0.29) is 18.4 Å². The summed E-state index contributed by atoms with van der Waals surface area (Å²) in [7, 11) is 1.53. The maximum atomic E-state index is 12.1. The van der Waals surface area contributed by atoms with Crippen molar-refractivity contribution in [2.45, 2.75) is 25.7 Å². The molecule has 1 saturated heterocycles. The van der Waals surface area contributed by atoms with Crippen molar-refractivity contribution >= 4 is 29.1 Å². The van der Waals surface area contributed by atoms with Gasteiger partial charge in [-0.15, -0.1) is 0 Å². The number of hydrogen-bond acceptors (Lipinski definition) is 3. The van der Waals surface area contributed by atoms with Crippen LogP contribution >= 0.6 is 11.6 Å². The highest BCUT2D eigenvalue weighted by molar-refractivity contribution is 6.31. The fourth-order valence-corrected chi connectivity index (χ4v) is 2.52. The molecule has 6 heteroatoms. The minimum atomic E-state index is -0.245. The molecule has 0 saturated carbocycles. The molecule has 0 bridgehead atoms. The summed E-state index contributed by atoms with van der Waals surface area (Å²) < 4.78 is 5.18.